The third kappa shape index (κ3) is 3.61. The summed E-state index contributed by atoms with van der Waals surface area (Å²) in [5, 5.41) is 0.962. The third-order valence-electron chi connectivity index (χ3n) is 2.62. The molecular weight excluding hydrogens is 260 g/mol. The summed E-state index contributed by atoms with van der Waals surface area (Å²) in [7, 11) is 1.96. The van der Waals surface area contributed by atoms with Crippen LogP contribution in [-0.2, 0) is 7.05 Å². The number of thioether (sulfide) groups is 1. The molecule has 0 bridgehead atoms. The molecular formula is C14H16N2O2S. The van der Waals surface area contributed by atoms with Crippen molar-refractivity contribution in [2.45, 2.75) is 12.1 Å². The molecule has 2 aromatic rings. The molecule has 100 valence electrons. The van der Waals surface area contributed by atoms with E-state index in [-0.39, 0.29) is 5.78 Å². The van der Waals surface area contributed by atoms with Crippen molar-refractivity contribution in [2.24, 2.45) is 7.05 Å². The fourth-order valence-corrected chi connectivity index (χ4v) is 2.41. The standard InChI is InChI=1S/C14H16N2O2S/c1-11(17)12-5-3-4-6-13(12)18-9-10-19-14-15-7-8-16(14)2/h3-8H,9-10H2,1-2H3. The van der Waals surface area contributed by atoms with Gasteiger partial charge < -0.3 is 9.30 Å². The van der Waals surface area contributed by atoms with E-state index in [2.05, 4.69) is 4.98 Å². The summed E-state index contributed by atoms with van der Waals surface area (Å²) in [6.07, 6.45) is 3.68. The molecule has 19 heavy (non-hydrogen) atoms. The predicted molar refractivity (Wildman–Crippen MR) is 75.9 cm³/mol. The van der Waals surface area contributed by atoms with Crippen molar-refractivity contribution in [3.8, 4) is 5.75 Å². The lowest BCUT2D eigenvalue weighted by atomic mass is 10.1. The second-order valence-corrected chi connectivity index (χ2v) is 5.13. The SMILES string of the molecule is CC(=O)c1ccccc1OCCSc1nccn1C. The first-order chi connectivity index (χ1) is 9.18. The van der Waals surface area contributed by atoms with E-state index in [9.17, 15) is 4.79 Å². The van der Waals surface area contributed by atoms with Gasteiger partial charge in [-0.1, -0.05) is 23.9 Å². The van der Waals surface area contributed by atoms with Crippen LogP contribution in [0.1, 0.15) is 17.3 Å². The number of para-hydroxylation sites is 1. The molecule has 1 aromatic carbocycles. The van der Waals surface area contributed by atoms with Gasteiger partial charge >= 0.3 is 0 Å². The van der Waals surface area contributed by atoms with E-state index in [1.807, 2.05) is 36.0 Å². The van der Waals surface area contributed by atoms with Crippen molar-refractivity contribution in [1.82, 2.24) is 9.55 Å². The van der Waals surface area contributed by atoms with Crippen molar-refractivity contribution >= 4 is 17.5 Å². The van der Waals surface area contributed by atoms with Crippen molar-refractivity contribution in [3.63, 3.8) is 0 Å². The zero-order valence-electron chi connectivity index (χ0n) is 11.0. The van der Waals surface area contributed by atoms with Crippen molar-refractivity contribution in [3.05, 3.63) is 42.2 Å². The molecule has 0 aliphatic rings. The Morgan fingerprint density at radius 3 is 2.89 bits per heavy atom. The summed E-state index contributed by atoms with van der Waals surface area (Å²) < 4.78 is 7.62. The number of imidazole rings is 1. The molecule has 0 saturated carbocycles. The molecule has 0 spiro atoms. The molecule has 0 N–H and O–H groups in total. The van der Waals surface area contributed by atoms with Crippen LogP contribution < -0.4 is 4.74 Å². The number of carbonyl (C=O) groups is 1. The third-order valence-corrected chi connectivity index (χ3v) is 3.64. The van der Waals surface area contributed by atoms with Gasteiger partial charge in [0.15, 0.2) is 10.9 Å². The van der Waals surface area contributed by atoms with Crippen LogP contribution in [0.15, 0.2) is 41.8 Å². The van der Waals surface area contributed by atoms with E-state index in [1.54, 1.807) is 30.9 Å². The lowest BCUT2D eigenvalue weighted by Gasteiger charge is -2.09. The fourth-order valence-electron chi connectivity index (χ4n) is 1.66. The number of aryl methyl sites for hydroxylation is 1. The number of benzene rings is 1. The summed E-state index contributed by atoms with van der Waals surface area (Å²) in [5.74, 6) is 1.46. The monoisotopic (exact) mass is 276 g/mol. The zero-order chi connectivity index (χ0) is 13.7. The molecule has 0 radical (unpaired) electrons. The maximum absolute atomic E-state index is 11.4. The Kier molecular flexibility index (Phi) is 4.63. The van der Waals surface area contributed by atoms with Crippen molar-refractivity contribution in [1.29, 1.82) is 0 Å². The van der Waals surface area contributed by atoms with Crippen LogP contribution in [0, 0.1) is 0 Å². The minimum Gasteiger partial charge on any atom is -0.492 e. The van der Waals surface area contributed by atoms with Gasteiger partial charge in [-0.15, -0.1) is 0 Å². The van der Waals surface area contributed by atoms with Gasteiger partial charge in [-0.3, -0.25) is 4.79 Å². The van der Waals surface area contributed by atoms with Gasteiger partial charge in [0, 0.05) is 25.2 Å². The van der Waals surface area contributed by atoms with Gasteiger partial charge in [-0.25, -0.2) is 4.98 Å². The van der Waals surface area contributed by atoms with Gasteiger partial charge in [-0.2, -0.15) is 0 Å². The summed E-state index contributed by atoms with van der Waals surface area (Å²) in [4.78, 5) is 15.7. The number of nitrogens with zero attached hydrogens (tertiary/aromatic N) is 2. The number of Topliss-reactive ketones (excluding diaryl/α,β-unsaturated/α-hetero) is 1. The Morgan fingerprint density at radius 1 is 1.42 bits per heavy atom. The zero-order valence-corrected chi connectivity index (χ0v) is 11.8. The topological polar surface area (TPSA) is 44.1 Å². The summed E-state index contributed by atoms with van der Waals surface area (Å²) in [5.41, 5.74) is 0.629. The second-order valence-electron chi connectivity index (χ2n) is 4.07. The Bertz CT molecular complexity index is 566. The average molecular weight is 276 g/mol. The minimum absolute atomic E-state index is 0.0207. The highest BCUT2D eigenvalue weighted by atomic mass is 32.2. The molecule has 4 nitrogen and oxygen atoms in total. The molecule has 5 heteroatoms. The number of hydrogen-bond donors (Lipinski definition) is 0. The van der Waals surface area contributed by atoms with Crippen LogP contribution in [0.3, 0.4) is 0 Å². The number of ether oxygens (including phenoxy) is 1. The quantitative estimate of drug-likeness (QED) is 0.462. The lowest BCUT2D eigenvalue weighted by molar-refractivity contribution is 0.101. The number of ketones is 1. The Balaban J connectivity index is 1.86. The molecule has 2 rings (SSSR count). The highest BCUT2D eigenvalue weighted by molar-refractivity contribution is 7.99. The first-order valence-electron chi connectivity index (χ1n) is 6.01. The summed E-state index contributed by atoms with van der Waals surface area (Å²) in [6.45, 7) is 2.09. The smallest absolute Gasteiger partial charge is 0.167 e. The summed E-state index contributed by atoms with van der Waals surface area (Å²) in [6, 6.07) is 7.31. The number of carbonyl (C=O) groups excluding carboxylic acids is 1. The van der Waals surface area contributed by atoms with E-state index in [4.69, 9.17) is 4.74 Å². The maximum Gasteiger partial charge on any atom is 0.167 e. The first-order valence-corrected chi connectivity index (χ1v) is 7.00. The van der Waals surface area contributed by atoms with Crippen molar-refractivity contribution < 1.29 is 9.53 Å². The number of hydrogen-bond acceptors (Lipinski definition) is 4. The van der Waals surface area contributed by atoms with Gasteiger partial charge in [0.05, 0.1) is 12.2 Å². The predicted octanol–water partition coefficient (Wildman–Crippen LogP) is 2.79. The Labute approximate surface area is 116 Å². The number of rotatable bonds is 6. The largest absolute Gasteiger partial charge is 0.492 e. The highest BCUT2D eigenvalue weighted by Crippen LogP contribution is 2.19. The maximum atomic E-state index is 11.4. The highest BCUT2D eigenvalue weighted by Gasteiger charge is 2.07. The van der Waals surface area contributed by atoms with E-state index < -0.39 is 0 Å². The van der Waals surface area contributed by atoms with Crippen LogP contribution in [0.4, 0.5) is 0 Å². The average Bonchev–Trinajstić information content (AvgIpc) is 2.80. The van der Waals surface area contributed by atoms with E-state index in [0.717, 1.165) is 10.9 Å². The lowest BCUT2D eigenvalue weighted by Crippen LogP contribution is -2.05. The van der Waals surface area contributed by atoms with Gasteiger partial charge in [0.1, 0.15) is 5.75 Å². The minimum atomic E-state index is 0.0207. The first kappa shape index (κ1) is 13.7. The Hall–Kier alpha value is -1.75. The molecule has 0 amide bonds. The Morgan fingerprint density at radius 2 is 2.21 bits per heavy atom. The normalized spacial score (nSPS) is 10.4. The molecule has 0 saturated heterocycles. The number of aromatic nitrogens is 2. The van der Waals surface area contributed by atoms with E-state index in [0.29, 0.717) is 17.9 Å². The second kappa shape index (κ2) is 6.43. The van der Waals surface area contributed by atoms with Gasteiger partial charge in [0.2, 0.25) is 0 Å². The molecule has 0 fully saturated rings. The molecule has 0 aliphatic carbocycles. The van der Waals surface area contributed by atoms with Crippen molar-refractivity contribution in [2.75, 3.05) is 12.4 Å². The molecule has 1 heterocycles. The molecule has 0 unspecified atom stereocenters. The van der Waals surface area contributed by atoms with Crippen LogP contribution in [-0.4, -0.2) is 27.7 Å². The molecule has 1 aromatic heterocycles. The van der Waals surface area contributed by atoms with Crippen LogP contribution in [0.25, 0.3) is 0 Å². The van der Waals surface area contributed by atoms with Crippen LogP contribution >= 0.6 is 11.8 Å². The van der Waals surface area contributed by atoms with E-state index >= 15 is 0 Å². The fraction of sp³-hybridized carbons (Fsp3) is 0.286. The van der Waals surface area contributed by atoms with E-state index in [1.165, 1.54) is 0 Å². The molecule has 0 atom stereocenters. The van der Waals surface area contributed by atoms with Gasteiger partial charge in [-0.05, 0) is 19.1 Å². The van der Waals surface area contributed by atoms with Crippen LogP contribution in [0.5, 0.6) is 5.75 Å². The summed E-state index contributed by atoms with van der Waals surface area (Å²) >= 11 is 1.63. The van der Waals surface area contributed by atoms with Gasteiger partial charge in [0.25, 0.3) is 0 Å². The molecule has 0 aliphatic heterocycles. The van der Waals surface area contributed by atoms with Crippen LogP contribution in [0.2, 0.25) is 0 Å².